The Morgan fingerprint density at radius 1 is 1.07 bits per heavy atom. The number of benzene rings is 2. The maximum Gasteiger partial charge on any atom is 0.227 e. The lowest BCUT2D eigenvalue weighted by Crippen LogP contribution is -2.55. The number of rotatable bonds is 5. The molecule has 27 heavy (non-hydrogen) atoms. The van der Waals surface area contributed by atoms with Gasteiger partial charge in [-0.2, -0.15) is 0 Å². The minimum atomic E-state index is 0.177. The number of amides is 1. The highest BCUT2D eigenvalue weighted by Gasteiger charge is 2.38. The normalized spacial score (nSPS) is 22.3. The van der Waals surface area contributed by atoms with E-state index in [-0.39, 0.29) is 11.9 Å². The highest BCUT2D eigenvalue weighted by atomic mass is 32.2. The van der Waals surface area contributed by atoms with Crippen LogP contribution in [0.15, 0.2) is 66.4 Å². The molecule has 0 bridgehead atoms. The van der Waals surface area contributed by atoms with E-state index in [2.05, 4.69) is 70.5 Å². The molecule has 4 rings (SSSR count). The number of allylic oxidation sites excluding steroid dienone is 2. The molecule has 2 aromatic rings. The first-order valence-corrected chi connectivity index (χ1v) is 10.9. The van der Waals surface area contributed by atoms with Crippen LogP contribution >= 0.6 is 11.9 Å². The largest absolute Gasteiger partial charge is 0.312 e. The van der Waals surface area contributed by atoms with Crippen LogP contribution in [0.5, 0.6) is 0 Å². The lowest BCUT2D eigenvalue weighted by Gasteiger charge is -2.44. The first kappa shape index (κ1) is 18.3. The second kappa shape index (κ2) is 8.32. The molecule has 140 valence electrons. The summed E-state index contributed by atoms with van der Waals surface area (Å²) < 4.78 is 3.55. The molecule has 2 unspecified atom stereocenters. The molecular formula is C23H26N2OS. The van der Waals surface area contributed by atoms with Crippen molar-refractivity contribution in [2.24, 2.45) is 0 Å². The van der Waals surface area contributed by atoms with E-state index in [1.807, 2.05) is 6.07 Å². The number of fused-ring (bicyclic) bond motifs is 1. The molecule has 2 atom stereocenters. The van der Waals surface area contributed by atoms with Gasteiger partial charge in [0.2, 0.25) is 5.91 Å². The molecule has 1 N–H and O–H groups in total. The van der Waals surface area contributed by atoms with Crippen LogP contribution in [-0.4, -0.2) is 29.1 Å². The number of nitrogens with one attached hydrogen (secondary N) is 1. The molecule has 0 aliphatic carbocycles. The summed E-state index contributed by atoms with van der Waals surface area (Å²) in [5.74, 6) is 0.282. The molecule has 2 aliphatic rings. The molecule has 2 aromatic carbocycles. The van der Waals surface area contributed by atoms with Gasteiger partial charge >= 0.3 is 0 Å². The van der Waals surface area contributed by atoms with Gasteiger partial charge in [-0.05, 0) is 48.6 Å². The van der Waals surface area contributed by atoms with Crippen molar-refractivity contribution in [3.63, 3.8) is 0 Å². The van der Waals surface area contributed by atoms with E-state index in [1.165, 1.54) is 22.4 Å². The van der Waals surface area contributed by atoms with Gasteiger partial charge in [0.15, 0.2) is 0 Å². The van der Waals surface area contributed by atoms with Gasteiger partial charge in [-0.3, -0.25) is 9.52 Å². The molecule has 0 saturated carbocycles. The van der Waals surface area contributed by atoms with Crippen molar-refractivity contribution in [1.82, 2.24) is 9.62 Å². The average molecular weight is 379 g/mol. The lowest BCUT2D eigenvalue weighted by molar-refractivity contribution is -0.133. The van der Waals surface area contributed by atoms with Gasteiger partial charge in [0, 0.05) is 18.2 Å². The van der Waals surface area contributed by atoms with Crippen LogP contribution in [0.2, 0.25) is 0 Å². The smallest absolute Gasteiger partial charge is 0.227 e. The van der Waals surface area contributed by atoms with Crippen LogP contribution in [0.25, 0.3) is 11.1 Å². The van der Waals surface area contributed by atoms with Gasteiger partial charge in [-0.1, -0.05) is 72.6 Å². The summed E-state index contributed by atoms with van der Waals surface area (Å²) >= 11 is 1.66. The maximum atomic E-state index is 12.7. The van der Waals surface area contributed by atoms with Crippen molar-refractivity contribution >= 4 is 17.9 Å². The Bertz CT molecular complexity index is 833. The summed E-state index contributed by atoms with van der Waals surface area (Å²) in [5.41, 5.74) is 4.99. The standard InChI is InChI=1S/C23H26N2OS/c1-27-24-21-14-13-20-11-6-12-23(26)25(20)22(21)16-17-7-5-10-19(15-17)18-8-3-2-4-9-18/h2-5,7-11,15,21-22,24H,6,12-14,16H2,1H3. The zero-order chi connectivity index (χ0) is 18.6. The second-order valence-electron chi connectivity index (χ2n) is 7.30. The van der Waals surface area contributed by atoms with Crippen molar-refractivity contribution in [3.05, 3.63) is 71.9 Å². The van der Waals surface area contributed by atoms with Crippen molar-refractivity contribution in [3.8, 4) is 11.1 Å². The van der Waals surface area contributed by atoms with Crippen LogP contribution in [0.3, 0.4) is 0 Å². The van der Waals surface area contributed by atoms with E-state index >= 15 is 0 Å². The van der Waals surface area contributed by atoms with Crippen LogP contribution < -0.4 is 4.72 Å². The Hall–Kier alpha value is -2.04. The Morgan fingerprint density at radius 2 is 1.89 bits per heavy atom. The van der Waals surface area contributed by atoms with Crippen molar-refractivity contribution in [1.29, 1.82) is 0 Å². The van der Waals surface area contributed by atoms with E-state index in [1.54, 1.807) is 11.9 Å². The highest BCUT2D eigenvalue weighted by molar-refractivity contribution is 7.96. The third-order valence-electron chi connectivity index (χ3n) is 5.57. The molecule has 2 heterocycles. The minimum Gasteiger partial charge on any atom is -0.312 e. The van der Waals surface area contributed by atoms with E-state index < -0.39 is 0 Å². The summed E-state index contributed by atoms with van der Waals surface area (Å²) in [4.78, 5) is 14.8. The summed E-state index contributed by atoms with van der Waals surface area (Å²) in [6.07, 6.45) is 8.81. The van der Waals surface area contributed by atoms with E-state index in [0.717, 1.165) is 25.7 Å². The Kier molecular flexibility index (Phi) is 5.65. The molecule has 1 amide bonds. The molecule has 4 heteroatoms. The SMILES string of the molecule is CSNC1CCC2=CCCC(=O)N2C1Cc1cccc(-c2ccccc2)c1. The Labute approximate surface area is 166 Å². The first-order chi connectivity index (χ1) is 13.3. The zero-order valence-corrected chi connectivity index (χ0v) is 16.5. The number of piperidine rings is 1. The van der Waals surface area contributed by atoms with Crippen LogP contribution in [0.1, 0.15) is 31.2 Å². The molecule has 0 aromatic heterocycles. The van der Waals surface area contributed by atoms with Crippen LogP contribution in [0.4, 0.5) is 0 Å². The summed E-state index contributed by atoms with van der Waals surface area (Å²) in [6.45, 7) is 0. The van der Waals surface area contributed by atoms with Gasteiger partial charge < -0.3 is 4.90 Å². The summed E-state index contributed by atoms with van der Waals surface area (Å²) in [5, 5.41) is 0. The van der Waals surface area contributed by atoms with Gasteiger partial charge in [0.05, 0.1) is 6.04 Å². The van der Waals surface area contributed by atoms with Gasteiger partial charge in [0.25, 0.3) is 0 Å². The minimum absolute atomic E-state index is 0.177. The molecule has 0 spiro atoms. The monoisotopic (exact) mass is 378 g/mol. The topological polar surface area (TPSA) is 32.3 Å². The molecular weight excluding hydrogens is 352 g/mol. The highest BCUT2D eigenvalue weighted by Crippen LogP contribution is 2.33. The molecule has 0 radical (unpaired) electrons. The zero-order valence-electron chi connectivity index (χ0n) is 15.7. The third kappa shape index (κ3) is 3.97. The van der Waals surface area contributed by atoms with Crippen molar-refractivity contribution in [2.75, 3.05) is 6.26 Å². The summed E-state index contributed by atoms with van der Waals surface area (Å²) in [6, 6.07) is 19.7. The predicted molar refractivity (Wildman–Crippen MR) is 113 cm³/mol. The number of hydrogen-bond donors (Lipinski definition) is 1. The van der Waals surface area contributed by atoms with E-state index in [0.29, 0.717) is 12.5 Å². The number of hydrogen-bond acceptors (Lipinski definition) is 3. The third-order valence-corrected chi connectivity index (χ3v) is 6.11. The Morgan fingerprint density at radius 3 is 2.70 bits per heavy atom. The fraction of sp³-hybridized carbons (Fsp3) is 0.348. The number of carbonyl (C=O) groups excluding carboxylic acids is 1. The average Bonchev–Trinajstić information content (AvgIpc) is 2.71. The summed E-state index contributed by atoms with van der Waals surface area (Å²) in [7, 11) is 0. The van der Waals surface area contributed by atoms with Crippen LogP contribution in [0, 0.1) is 0 Å². The molecule has 1 fully saturated rings. The van der Waals surface area contributed by atoms with Crippen molar-refractivity contribution in [2.45, 2.75) is 44.2 Å². The fourth-order valence-corrected chi connectivity index (χ4v) is 4.89. The number of nitrogens with zero attached hydrogens (tertiary/aromatic N) is 1. The van der Waals surface area contributed by atoms with Gasteiger partial charge in [-0.15, -0.1) is 0 Å². The fourth-order valence-electron chi connectivity index (χ4n) is 4.31. The predicted octanol–water partition coefficient (Wildman–Crippen LogP) is 4.80. The Balaban J connectivity index is 1.63. The van der Waals surface area contributed by atoms with E-state index in [4.69, 9.17) is 0 Å². The van der Waals surface area contributed by atoms with E-state index in [9.17, 15) is 4.79 Å². The second-order valence-corrected chi connectivity index (χ2v) is 7.95. The van der Waals surface area contributed by atoms with Crippen LogP contribution in [-0.2, 0) is 11.2 Å². The quantitative estimate of drug-likeness (QED) is 0.759. The van der Waals surface area contributed by atoms with Gasteiger partial charge in [0.1, 0.15) is 0 Å². The lowest BCUT2D eigenvalue weighted by atomic mass is 9.87. The maximum absolute atomic E-state index is 12.7. The molecule has 2 aliphatic heterocycles. The van der Waals surface area contributed by atoms with Gasteiger partial charge in [-0.25, -0.2) is 0 Å². The van der Waals surface area contributed by atoms with Crippen molar-refractivity contribution < 1.29 is 4.79 Å². The first-order valence-electron chi connectivity index (χ1n) is 9.70. The number of carbonyl (C=O) groups is 1. The molecule has 3 nitrogen and oxygen atoms in total. The molecule has 1 saturated heterocycles.